The van der Waals surface area contributed by atoms with Gasteiger partial charge in [-0.3, -0.25) is 9.59 Å². The number of rotatable bonds is 19. The van der Waals surface area contributed by atoms with E-state index in [1.807, 2.05) is 0 Å². The highest BCUT2D eigenvalue weighted by Gasteiger charge is 2.14. The SMILES string of the molecule is CCCCCCCCCC(CCCCCCCCCC(N)=O)C(N)=O. The van der Waals surface area contributed by atoms with Gasteiger partial charge in [0.2, 0.25) is 11.8 Å². The lowest BCUT2D eigenvalue weighted by Crippen LogP contribution is -2.23. The molecule has 0 spiro atoms. The van der Waals surface area contributed by atoms with E-state index in [-0.39, 0.29) is 17.7 Å². The van der Waals surface area contributed by atoms with Gasteiger partial charge in [0.25, 0.3) is 0 Å². The number of carbonyl (C=O) groups is 2. The van der Waals surface area contributed by atoms with Crippen molar-refractivity contribution < 1.29 is 9.59 Å². The van der Waals surface area contributed by atoms with Crippen LogP contribution in [0.2, 0.25) is 0 Å². The zero-order valence-corrected chi connectivity index (χ0v) is 16.6. The lowest BCUT2D eigenvalue weighted by Gasteiger charge is -2.13. The van der Waals surface area contributed by atoms with Gasteiger partial charge >= 0.3 is 0 Å². The number of hydrogen-bond acceptors (Lipinski definition) is 2. The third-order valence-corrected chi connectivity index (χ3v) is 5.03. The highest BCUT2D eigenvalue weighted by molar-refractivity contribution is 5.76. The number of amides is 2. The summed E-state index contributed by atoms with van der Waals surface area (Å²) in [5, 5.41) is 0. The first-order chi connectivity index (χ1) is 12.1. The zero-order valence-electron chi connectivity index (χ0n) is 16.6. The first-order valence-corrected chi connectivity index (χ1v) is 10.7. The molecule has 0 rings (SSSR count). The first kappa shape index (κ1) is 23.9. The van der Waals surface area contributed by atoms with E-state index in [2.05, 4.69) is 6.92 Å². The van der Waals surface area contributed by atoms with Gasteiger partial charge in [-0.25, -0.2) is 0 Å². The average Bonchev–Trinajstić information content (AvgIpc) is 2.57. The molecular formula is C21H42N2O2. The maximum Gasteiger partial charge on any atom is 0.220 e. The predicted octanol–water partition coefficient (Wildman–Crippen LogP) is 5.22. The predicted molar refractivity (Wildman–Crippen MR) is 106 cm³/mol. The van der Waals surface area contributed by atoms with Crippen LogP contribution in [0.5, 0.6) is 0 Å². The van der Waals surface area contributed by atoms with Crippen LogP contribution in [-0.2, 0) is 9.59 Å². The Morgan fingerprint density at radius 1 is 0.640 bits per heavy atom. The van der Waals surface area contributed by atoms with Gasteiger partial charge in [-0.2, -0.15) is 0 Å². The maximum absolute atomic E-state index is 11.6. The van der Waals surface area contributed by atoms with E-state index in [0.717, 1.165) is 38.5 Å². The topological polar surface area (TPSA) is 86.2 Å². The fourth-order valence-corrected chi connectivity index (χ4v) is 3.35. The Morgan fingerprint density at radius 3 is 1.44 bits per heavy atom. The molecule has 4 nitrogen and oxygen atoms in total. The van der Waals surface area contributed by atoms with Gasteiger partial charge in [-0.1, -0.05) is 90.4 Å². The van der Waals surface area contributed by atoms with Crippen molar-refractivity contribution in [1.82, 2.24) is 0 Å². The summed E-state index contributed by atoms with van der Waals surface area (Å²) < 4.78 is 0. The van der Waals surface area contributed by atoms with Crippen molar-refractivity contribution in [3.05, 3.63) is 0 Å². The Hall–Kier alpha value is -1.06. The molecule has 1 unspecified atom stereocenters. The van der Waals surface area contributed by atoms with Crippen molar-refractivity contribution >= 4 is 11.8 Å². The maximum atomic E-state index is 11.6. The molecule has 0 aromatic rings. The van der Waals surface area contributed by atoms with E-state index in [1.165, 1.54) is 64.2 Å². The molecule has 148 valence electrons. The van der Waals surface area contributed by atoms with Crippen LogP contribution in [0.4, 0.5) is 0 Å². The molecule has 0 aromatic heterocycles. The van der Waals surface area contributed by atoms with Gasteiger partial charge in [-0.05, 0) is 19.3 Å². The standard InChI is InChI=1S/C21H42N2O2/c1-2-3-4-5-7-10-13-16-19(21(23)25)17-14-11-8-6-9-12-15-18-20(22)24/h19H,2-18H2,1H3,(H2,22,24)(H2,23,25). The highest BCUT2D eigenvalue weighted by Crippen LogP contribution is 2.19. The monoisotopic (exact) mass is 354 g/mol. The first-order valence-electron chi connectivity index (χ1n) is 10.7. The van der Waals surface area contributed by atoms with Crippen molar-refractivity contribution in [2.24, 2.45) is 17.4 Å². The van der Waals surface area contributed by atoms with Gasteiger partial charge in [0.05, 0.1) is 0 Å². The molecule has 0 saturated carbocycles. The van der Waals surface area contributed by atoms with Crippen molar-refractivity contribution in [1.29, 1.82) is 0 Å². The van der Waals surface area contributed by atoms with E-state index in [4.69, 9.17) is 11.5 Å². The number of nitrogens with two attached hydrogens (primary N) is 2. The molecule has 0 heterocycles. The number of unbranched alkanes of at least 4 members (excludes halogenated alkanes) is 12. The third kappa shape index (κ3) is 17.6. The van der Waals surface area contributed by atoms with E-state index in [9.17, 15) is 9.59 Å². The molecule has 0 saturated heterocycles. The summed E-state index contributed by atoms with van der Waals surface area (Å²) in [6.45, 7) is 2.24. The van der Waals surface area contributed by atoms with Crippen LogP contribution in [0.3, 0.4) is 0 Å². The number of primary amides is 2. The van der Waals surface area contributed by atoms with Crippen LogP contribution >= 0.6 is 0 Å². The van der Waals surface area contributed by atoms with Crippen molar-refractivity contribution in [2.75, 3.05) is 0 Å². The molecule has 4 N–H and O–H groups in total. The van der Waals surface area contributed by atoms with Crippen LogP contribution in [0.15, 0.2) is 0 Å². The van der Waals surface area contributed by atoms with Crippen molar-refractivity contribution in [2.45, 2.75) is 116 Å². The number of carbonyl (C=O) groups excluding carboxylic acids is 2. The second kappa shape index (κ2) is 17.8. The van der Waals surface area contributed by atoms with Crippen molar-refractivity contribution in [3.8, 4) is 0 Å². The molecule has 4 heteroatoms. The van der Waals surface area contributed by atoms with E-state index < -0.39 is 0 Å². The molecule has 0 aromatic carbocycles. The number of hydrogen-bond donors (Lipinski definition) is 2. The van der Waals surface area contributed by atoms with E-state index in [0.29, 0.717) is 6.42 Å². The van der Waals surface area contributed by atoms with Crippen LogP contribution in [-0.4, -0.2) is 11.8 Å². The summed E-state index contributed by atoms with van der Waals surface area (Å²) in [6.07, 6.45) is 19.3. The van der Waals surface area contributed by atoms with Gasteiger partial charge in [0.1, 0.15) is 0 Å². The quantitative estimate of drug-likeness (QED) is 0.311. The van der Waals surface area contributed by atoms with Crippen LogP contribution in [0, 0.1) is 5.92 Å². The summed E-state index contributed by atoms with van der Waals surface area (Å²) in [6, 6.07) is 0. The van der Waals surface area contributed by atoms with Crippen molar-refractivity contribution in [3.63, 3.8) is 0 Å². The Labute approximate surface area is 155 Å². The normalized spacial score (nSPS) is 12.2. The fraction of sp³-hybridized carbons (Fsp3) is 0.905. The molecule has 0 bridgehead atoms. The molecule has 2 amide bonds. The van der Waals surface area contributed by atoms with Gasteiger partial charge in [0.15, 0.2) is 0 Å². The average molecular weight is 355 g/mol. The molecule has 0 aliphatic heterocycles. The largest absolute Gasteiger partial charge is 0.370 e. The third-order valence-electron chi connectivity index (χ3n) is 5.03. The molecule has 0 radical (unpaired) electrons. The minimum atomic E-state index is -0.196. The molecule has 0 fully saturated rings. The summed E-state index contributed by atoms with van der Waals surface area (Å²) in [7, 11) is 0. The Kier molecular flexibility index (Phi) is 17.0. The molecule has 0 aliphatic rings. The highest BCUT2D eigenvalue weighted by atomic mass is 16.1. The van der Waals surface area contributed by atoms with E-state index in [1.54, 1.807) is 0 Å². The summed E-state index contributed by atoms with van der Waals surface area (Å²) >= 11 is 0. The molecule has 0 aliphatic carbocycles. The molecule has 25 heavy (non-hydrogen) atoms. The molecule has 1 atom stereocenters. The summed E-state index contributed by atoms with van der Waals surface area (Å²) in [4.78, 5) is 22.2. The van der Waals surface area contributed by atoms with Crippen LogP contribution < -0.4 is 11.5 Å². The lowest BCUT2D eigenvalue weighted by molar-refractivity contribution is -0.122. The second-order valence-electron chi connectivity index (χ2n) is 7.49. The Bertz CT molecular complexity index is 332. The summed E-state index contributed by atoms with van der Waals surface area (Å²) in [5.74, 6) is -0.234. The minimum Gasteiger partial charge on any atom is -0.370 e. The minimum absolute atomic E-state index is 0.0752. The van der Waals surface area contributed by atoms with E-state index >= 15 is 0 Å². The van der Waals surface area contributed by atoms with Gasteiger partial charge in [0, 0.05) is 12.3 Å². The Morgan fingerprint density at radius 2 is 1.04 bits per heavy atom. The van der Waals surface area contributed by atoms with Gasteiger partial charge in [-0.15, -0.1) is 0 Å². The second-order valence-corrected chi connectivity index (χ2v) is 7.49. The Balaban J connectivity index is 3.51. The lowest BCUT2D eigenvalue weighted by atomic mass is 9.93. The molecular weight excluding hydrogens is 312 g/mol. The van der Waals surface area contributed by atoms with Crippen LogP contribution in [0.25, 0.3) is 0 Å². The van der Waals surface area contributed by atoms with Gasteiger partial charge < -0.3 is 11.5 Å². The smallest absolute Gasteiger partial charge is 0.220 e. The summed E-state index contributed by atoms with van der Waals surface area (Å²) in [5.41, 5.74) is 10.7. The fourth-order valence-electron chi connectivity index (χ4n) is 3.35. The zero-order chi connectivity index (χ0) is 18.8. The van der Waals surface area contributed by atoms with Crippen LogP contribution in [0.1, 0.15) is 116 Å².